The van der Waals surface area contributed by atoms with Crippen LogP contribution in [0.15, 0.2) is 79.1 Å². The third kappa shape index (κ3) is 3.04. The van der Waals surface area contributed by atoms with E-state index >= 15 is 0 Å². The van der Waals surface area contributed by atoms with E-state index in [0.717, 1.165) is 33.6 Å². The number of para-hydroxylation sites is 3. The molecule has 0 bridgehead atoms. The van der Waals surface area contributed by atoms with Gasteiger partial charge in [-0.05, 0) is 41.5 Å². The molecule has 0 saturated heterocycles. The first-order chi connectivity index (χ1) is 12.3. The molecule has 1 aromatic heterocycles. The van der Waals surface area contributed by atoms with E-state index in [1.165, 1.54) is 0 Å². The molecule has 0 aliphatic heterocycles. The fraction of sp³-hybridized carbons (Fsp3) is 0.0455. The van der Waals surface area contributed by atoms with Gasteiger partial charge in [0.05, 0.1) is 23.8 Å². The van der Waals surface area contributed by atoms with E-state index in [9.17, 15) is 0 Å². The average molecular weight is 326 g/mol. The molecule has 0 amide bonds. The van der Waals surface area contributed by atoms with E-state index in [0.29, 0.717) is 0 Å². The van der Waals surface area contributed by atoms with Crippen LogP contribution < -0.4 is 4.74 Å². The standard InChI is InChI=1S/C22H18N2O/c1-25-19-14-11-17(12-15-19)10-13-18-6-2-4-8-21(18)24-16-23-20-7-3-5-9-22(20)24/h2-16H,1H3. The number of benzene rings is 3. The summed E-state index contributed by atoms with van der Waals surface area (Å²) in [6.07, 6.45) is 6.12. The number of hydrogen-bond donors (Lipinski definition) is 0. The summed E-state index contributed by atoms with van der Waals surface area (Å²) in [5.74, 6) is 0.863. The van der Waals surface area contributed by atoms with Gasteiger partial charge >= 0.3 is 0 Å². The minimum Gasteiger partial charge on any atom is -0.497 e. The third-order valence-corrected chi connectivity index (χ3v) is 4.22. The molecule has 0 unspecified atom stereocenters. The lowest BCUT2D eigenvalue weighted by atomic mass is 10.1. The summed E-state index contributed by atoms with van der Waals surface area (Å²) < 4.78 is 7.33. The van der Waals surface area contributed by atoms with Gasteiger partial charge in [-0.1, -0.05) is 54.6 Å². The van der Waals surface area contributed by atoms with Crippen LogP contribution in [0.4, 0.5) is 0 Å². The lowest BCUT2D eigenvalue weighted by molar-refractivity contribution is 0.415. The molecule has 25 heavy (non-hydrogen) atoms. The second-order valence-corrected chi connectivity index (χ2v) is 5.77. The quantitative estimate of drug-likeness (QED) is 0.482. The second kappa shape index (κ2) is 6.65. The molecule has 0 spiro atoms. The lowest BCUT2D eigenvalue weighted by Gasteiger charge is -2.08. The SMILES string of the molecule is COc1ccc(C=Cc2ccccc2-n2cnc3ccccc32)cc1. The molecule has 3 aromatic carbocycles. The summed E-state index contributed by atoms with van der Waals surface area (Å²) >= 11 is 0. The van der Waals surface area contributed by atoms with Crippen LogP contribution >= 0.6 is 0 Å². The summed E-state index contributed by atoms with van der Waals surface area (Å²) in [7, 11) is 1.68. The summed E-state index contributed by atoms with van der Waals surface area (Å²) in [4.78, 5) is 4.50. The maximum absolute atomic E-state index is 5.21. The lowest BCUT2D eigenvalue weighted by Crippen LogP contribution is -1.94. The first-order valence-corrected chi connectivity index (χ1v) is 8.19. The van der Waals surface area contributed by atoms with Crippen molar-refractivity contribution in [2.45, 2.75) is 0 Å². The molecule has 3 heteroatoms. The topological polar surface area (TPSA) is 27.1 Å². The highest BCUT2D eigenvalue weighted by Crippen LogP contribution is 2.23. The second-order valence-electron chi connectivity index (χ2n) is 5.77. The van der Waals surface area contributed by atoms with Crippen molar-refractivity contribution in [2.24, 2.45) is 0 Å². The van der Waals surface area contributed by atoms with Crippen molar-refractivity contribution < 1.29 is 4.74 Å². The van der Waals surface area contributed by atoms with Crippen molar-refractivity contribution in [1.82, 2.24) is 9.55 Å². The van der Waals surface area contributed by atoms with Crippen LogP contribution in [0.5, 0.6) is 5.75 Å². The maximum atomic E-state index is 5.21. The highest BCUT2D eigenvalue weighted by molar-refractivity contribution is 5.80. The summed E-state index contributed by atoms with van der Waals surface area (Å²) in [5.41, 5.74) is 5.48. The van der Waals surface area contributed by atoms with E-state index < -0.39 is 0 Å². The Morgan fingerprint density at radius 3 is 2.44 bits per heavy atom. The number of fused-ring (bicyclic) bond motifs is 1. The van der Waals surface area contributed by atoms with Crippen LogP contribution in [0.2, 0.25) is 0 Å². The number of nitrogens with zero attached hydrogens (tertiary/aromatic N) is 2. The van der Waals surface area contributed by atoms with Gasteiger partial charge in [0.2, 0.25) is 0 Å². The first-order valence-electron chi connectivity index (χ1n) is 8.19. The minimum absolute atomic E-state index is 0.863. The van der Waals surface area contributed by atoms with Crippen molar-refractivity contribution in [2.75, 3.05) is 7.11 Å². The third-order valence-electron chi connectivity index (χ3n) is 4.22. The number of rotatable bonds is 4. The van der Waals surface area contributed by atoms with Gasteiger partial charge in [-0.15, -0.1) is 0 Å². The van der Waals surface area contributed by atoms with Gasteiger partial charge in [0.15, 0.2) is 0 Å². The molecule has 1 heterocycles. The smallest absolute Gasteiger partial charge is 0.118 e. The zero-order chi connectivity index (χ0) is 17.1. The number of ether oxygens (including phenoxy) is 1. The van der Waals surface area contributed by atoms with E-state index in [2.05, 4.69) is 52.0 Å². The Balaban J connectivity index is 1.72. The Labute approximate surface area is 146 Å². The predicted octanol–water partition coefficient (Wildman–Crippen LogP) is 5.20. The van der Waals surface area contributed by atoms with Gasteiger partial charge in [-0.3, -0.25) is 4.57 Å². The molecule has 0 aliphatic rings. The molecule has 0 atom stereocenters. The minimum atomic E-state index is 0.863. The van der Waals surface area contributed by atoms with E-state index in [1.54, 1.807) is 7.11 Å². The fourth-order valence-corrected chi connectivity index (χ4v) is 2.90. The Morgan fingerprint density at radius 2 is 1.60 bits per heavy atom. The molecule has 0 N–H and O–H groups in total. The van der Waals surface area contributed by atoms with E-state index in [1.807, 2.05) is 48.8 Å². The van der Waals surface area contributed by atoms with Gasteiger partial charge in [0, 0.05) is 0 Å². The van der Waals surface area contributed by atoms with Crippen molar-refractivity contribution in [3.8, 4) is 11.4 Å². The monoisotopic (exact) mass is 326 g/mol. The molecule has 0 fully saturated rings. The van der Waals surface area contributed by atoms with Crippen LogP contribution in [0, 0.1) is 0 Å². The van der Waals surface area contributed by atoms with Crippen molar-refractivity contribution >= 4 is 23.2 Å². The van der Waals surface area contributed by atoms with Crippen molar-refractivity contribution in [1.29, 1.82) is 0 Å². The van der Waals surface area contributed by atoms with Crippen molar-refractivity contribution in [3.05, 3.63) is 90.3 Å². The zero-order valence-electron chi connectivity index (χ0n) is 14.0. The summed E-state index contributed by atoms with van der Waals surface area (Å²) in [6.45, 7) is 0. The summed E-state index contributed by atoms with van der Waals surface area (Å²) in [6, 6.07) is 24.5. The van der Waals surface area contributed by atoms with Gasteiger partial charge in [0.25, 0.3) is 0 Å². The normalized spacial score (nSPS) is 11.2. The number of aromatic nitrogens is 2. The zero-order valence-corrected chi connectivity index (χ0v) is 14.0. The molecular weight excluding hydrogens is 308 g/mol. The Kier molecular flexibility index (Phi) is 4.05. The molecule has 122 valence electrons. The highest BCUT2D eigenvalue weighted by atomic mass is 16.5. The maximum Gasteiger partial charge on any atom is 0.118 e. The van der Waals surface area contributed by atoms with Crippen LogP contribution in [0.3, 0.4) is 0 Å². The number of methoxy groups -OCH3 is 1. The Morgan fingerprint density at radius 1 is 0.840 bits per heavy atom. The molecule has 4 aromatic rings. The first kappa shape index (κ1) is 15.2. The molecule has 0 aliphatic carbocycles. The highest BCUT2D eigenvalue weighted by Gasteiger charge is 2.06. The Hall–Kier alpha value is -3.33. The largest absolute Gasteiger partial charge is 0.497 e. The van der Waals surface area contributed by atoms with Gasteiger partial charge in [0.1, 0.15) is 12.1 Å². The van der Waals surface area contributed by atoms with Crippen LogP contribution in [0.25, 0.3) is 28.9 Å². The number of hydrogen-bond acceptors (Lipinski definition) is 2. The molecule has 0 radical (unpaired) electrons. The molecular formula is C22H18N2O. The fourth-order valence-electron chi connectivity index (χ4n) is 2.90. The van der Waals surface area contributed by atoms with E-state index in [4.69, 9.17) is 4.74 Å². The number of imidazole rings is 1. The predicted molar refractivity (Wildman–Crippen MR) is 103 cm³/mol. The van der Waals surface area contributed by atoms with Crippen molar-refractivity contribution in [3.63, 3.8) is 0 Å². The Bertz CT molecular complexity index is 1030. The molecule has 0 saturated carbocycles. The van der Waals surface area contributed by atoms with E-state index in [-0.39, 0.29) is 0 Å². The van der Waals surface area contributed by atoms with Gasteiger partial charge < -0.3 is 4.74 Å². The molecule has 4 rings (SSSR count). The van der Waals surface area contributed by atoms with Crippen LogP contribution in [-0.2, 0) is 0 Å². The van der Waals surface area contributed by atoms with Gasteiger partial charge in [-0.25, -0.2) is 4.98 Å². The molecule has 3 nitrogen and oxygen atoms in total. The average Bonchev–Trinajstić information content (AvgIpc) is 3.11. The van der Waals surface area contributed by atoms with Crippen LogP contribution in [-0.4, -0.2) is 16.7 Å². The van der Waals surface area contributed by atoms with Gasteiger partial charge in [-0.2, -0.15) is 0 Å². The summed E-state index contributed by atoms with van der Waals surface area (Å²) in [5, 5.41) is 0. The van der Waals surface area contributed by atoms with Crippen LogP contribution in [0.1, 0.15) is 11.1 Å².